The van der Waals surface area contributed by atoms with Crippen LogP contribution in [-0.2, 0) is 16.4 Å². The number of benzene rings is 1. The molecule has 0 amide bonds. The second-order valence-corrected chi connectivity index (χ2v) is 7.64. The molecule has 0 fully saturated rings. The Hall–Kier alpha value is -1.27. The minimum atomic E-state index is -2.91. The molecule has 0 unspecified atom stereocenters. The van der Waals surface area contributed by atoms with Crippen LogP contribution in [0.1, 0.15) is 12.0 Å². The predicted molar refractivity (Wildman–Crippen MR) is 88.6 cm³/mol. The first-order valence-corrected chi connectivity index (χ1v) is 9.09. The first kappa shape index (κ1) is 17.8. The van der Waals surface area contributed by atoms with Crippen LogP contribution in [0.5, 0.6) is 0 Å². The fourth-order valence-corrected chi connectivity index (χ4v) is 2.65. The van der Waals surface area contributed by atoms with Crippen LogP contribution in [0.2, 0.25) is 5.02 Å². The van der Waals surface area contributed by atoms with Crippen molar-refractivity contribution in [1.82, 2.24) is 10.2 Å². The van der Waals surface area contributed by atoms with Crippen LogP contribution in [0.15, 0.2) is 29.3 Å². The lowest BCUT2D eigenvalue weighted by Gasteiger charge is -2.22. The Morgan fingerprint density at radius 1 is 1.33 bits per heavy atom. The molecular weight excluding hydrogens is 310 g/mol. The molecular formula is C14H22ClN3O2S. The molecule has 0 radical (unpaired) electrons. The molecule has 0 saturated carbocycles. The third kappa shape index (κ3) is 7.34. The van der Waals surface area contributed by atoms with Gasteiger partial charge in [0.2, 0.25) is 0 Å². The Labute approximate surface area is 131 Å². The maximum atomic E-state index is 11.1. The van der Waals surface area contributed by atoms with Gasteiger partial charge >= 0.3 is 0 Å². The fourth-order valence-electron chi connectivity index (χ4n) is 1.86. The number of guanidine groups is 1. The van der Waals surface area contributed by atoms with Gasteiger partial charge in [0, 0.05) is 38.5 Å². The highest BCUT2D eigenvalue weighted by atomic mass is 35.5. The quantitative estimate of drug-likeness (QED) is 0.490. The molecule has 5 nitrogen and oxygen atoms in total. The molecule has 118 valence electrons. The minimum Gasteiger partial charge on any atom is -0.356 e. The third-order valence-electron chi connectivity index (χ3n) is 2.88. The topological polar surface area (TPSA) is 61.8 Å². The van der Waals surface area contributed by atoms with E-state index >= 15 is 0 Å². The van der Waals surface area contributed by atoms with Gasteiger partial charge in [-0.25, -0.2) is 8.42 Å². The van der Waals surface area contributed by atoms with E-state index in [9.17, 15) is 8.42 Å². The van der Waals surface area contributed by atoms with Crippen molar-refractivity contribution in [2.24, 2.45) is 4.99 Å². The Balaban J connectivity index is 2.46. The zero-order chi connectivity index (χ0) is 15.9. The van der Waals surface area contributed by atoms with Gasteiger partial charge in [-0.15, -0.1) is 0 Å². The highest BCUT2D eigenvalue weighted by molar-refractivity contribution is 7.90. The van der Waals surface area contributed by atoms with Gasteiger partial charge in [0.1, 0.15) is 9.84 Å². The molecule has 0 aromatic heterocycles. The van der Waals surface area contributed by atoms with E-state index in [0.29, 0.717) is 24.5 Å². The van der Waals surface area contributed by atoms with Gasteiger partial charge in [0.05, 0.1) is 5.75 Å². The molecule has 0 atom stereocenters. The maximum Gasteiger partial charge on any atom is 0.193 e. The van der Waals surface area contributed by atoms with Gasteiger partial charge in [0.25, 0.3) is 0 Å². The summed E-state index contributed by atoms with van der Waals surface area (Å²) >= 11 is 5.86. The summed E-state index contributed by atoms with van der Waals surface area (Å²) in [6, 6.07) is 7.64. The van der Waals surface area contributed by atoms with Crippen molar-refractivity contribution in [3.05, 3.63) is 34.9 Å². The Bertz CT molecular complexity index is 570. The number of nitrogens with zero attached hydrogens (tertiary/aromatic N) is 2. The lowest BCUT2D eigenvalue weighted by atomic mass is 10.2. The number of rotatable bonds is 6. The zero-order valence-electron chi connectivity index (χ0n) is 12.6. The van der Waals surface area contributed by atoms with E-state index in [1.54, 1.807) is 7.05 Å². The third-order valence-corrected chi connectivity index (χ3v) is 4.16. The molecule has 0 aliphatic carbocycles. The van der Waals surface area contributed by atoms with Crippen LogP contribution in [0.3, 0.4) is 0 Å². The van der Waals surface area contributed by atoms with E-state index in [1.165, 1.54) is 6.26 Å². The van der Waals surface area contributed by atoms with Crippen molar-refractivity contribution in [3.63, 3.8) is 0 Å². The molecule has 0 spiro atoms. The standard InChI is InChI=1S/C14H22ClN3O2S/c1-16-14(17-9-4-10-21(3,19)20)18(2)11-12-5-7-13(15)8-6-12/h5-8H,4,9-11H2,1-3H3,(H,16,17). The molecule has 0 heterocycles. The number of aliphatic imine (C=N–C) groups is 1. The average molecular weight is 332 g/mol. The molecule has 0 bridgehead atoms. The summed E-state index contributed by atoms with van der Waals surface area (Å²) in [5, 5.41) is 3.87. The molecule has 1 N–H and O–H groups in total. The average Bonchev–Trinajstić information content (AvgIpc) is 2.40. The molecule has 0 aliphatic rings. The van der Waals surface area contributed by atoms with Gasteiger partial charge in [-0.3, -0.25) is 4.99 Å². The maximum absolute atomic E-state index is 11.1. The first-order valence-electron chi connectivity index (χ1n) is 6.66. The van der Waals surface area contributed by atoms with E-state index in [0.717, 1.165) is 11.5 Å². The normalized spacial score (nSPS) is 12.3. The van der Waals surface area contributed by atoms with Gasteiger partial charge in [0.15, 0.2) is 5.96 Å². The number of nitrogens with one attached hydrogen (secondary N) is 1. The highest BCUT2D eigenvalue weighted by Gasteiger charge is 2.07. The molecule has 0 aliphatic heterocycles. The zero-order valence-corrected chi connectivity index (χ0v) is 14.2. The van der Waals surface area contributed by atoms with Gasteiger partial charge in [-0.2, -0.15) is 0 Å². The van der Waals surface area contributed by atoms with Gasteiger partial charge < -0.3 is 10.2 Å². The van der Waals surface area contributed by atoms with Crippen molar-refractivity contribution in [2.45, 2.75) is 13.0 Å². The number of hydrogen-bond acceptors (Lipinski definition) is 3. The molecule has 1 rings (SSSR count). The summed E-state index contributed by atoms with van der Waals surface area (Å²) in [7, 11) is 0.729. The Morgan fingerprint density at radius 3 is 2.48 bits per heavy atom. The van der Waals surface area contributed by atoms with Gasteiger partial charge in [-0.05, 0) is 24.1 Å². The van der Waals surface area contributed by atoms with E-state index in [4.69, 9.17) is 11.6 Å². The molecule has 1 aromatic carbocycles. The Morgan fingerprint density at radius 2 is 1.95 bits per heavy atom. The summed E-state index contributed by atoms with van der Waals surface area (Å²) < 4.78 is 22.1. The van der Waals surface area contributed by atoms with Crippen molar-refractivity contribution >= 4 is 27.4 Å². The predicted octanol–water partition coefficient (Wildman–Crippen LogP) is 1.78. The summed E-state index contributed by atoms with van der Waals surface area (Å²) in [6.45, 7) is 1.27. The summed E-state index contributed by atoms with van der Waals surface area (Å²) in [6.07, 6.45) is 1.81. The lowest BCUT2D eigenvalue weighted by Crippen LogP contribution is -2.39. The van der Waals surface area contributed by atoms with Crippen LogP contribution >= 0.6 is 11.6 Å². The van der Waals surface area contributed by atoms with Crippen LogP contribution in [0.25, 0.3) is 0 Å². The highest BCUT2D eigenvalue weighted by Crippen LogP contribution is 2.10. The molecule has 21 heavy (non-hydrogen) atoms. The van der Waals surface area contributed by atoms with E-state index < -0.39 is 9.84 Å². The van der Waals surface area contributed by atoms with E-state index in [-0.39, 0.29) is 5.75 Å². The summed E-state index contributed by atoms with van der Waals surface area (Å²) in [4.78, 5) is 6.17. The Kier molecular flexibility index (Phi) is 6.98. The molecule has 0 saturated heterocycles. The lowest BCUT2D eigenvalue weighted by molar-refractivity contribution is 0.476. The number of sulfone groups is 1. The van der Waals surface area contributed by atoms with Crippen LogP contribution in [0.4, 0.5) is 0 Å². The minimum absolute atomic E-state index is 0.178. The second kappa shape index (κ2) is 8.24. The number of hydrogen-bond donors (Lipinski definition) is 1. The summed E-state index contributed by atoms with van der Waals surface area (Å²) in [5.41, 5.74) is 1.13. The van der Waals surface area contributed by atoms with E-state index in [1.807, 2.05) is 36.2 Å². The largest absolute Gasteiger partial charge is 0.356 e. The van der Waals surface area contributed by atoms with E-state index in [2.05, 4.69) is 10.3 Å². The number of halogens is 1. The van der Waals surface area contributed by atoms with Crippen molar-refractivity contribution in [1.29, 1.82) is 0 Å². The van der Waals surface area contributed by atoms with Crippen LogP contribution < -0.4 is 5.32 Å². The molecule has 1 aromatic rings. The monoisotopic (exact) mass is 331 g/mol. The molecule has 7 heteroatoms. The van der Waals surface area contributed by atoms with Gasteiger partial charge in [-0.1, -0.05) is 23.7 Å². The second-order valence-electron chi connectivity index (χ2n) is 4.94. The fraction of sp³-hybridized carbons (Fsp3) is 0.500. The summed E-state index contributed by atoms with van der Waals surface area (Å²) in [5.74, 6) is 0.913. The first-order chi connectivity index (χ1) is 9.81. The van der Waals surface area contributed by atoms with Crippen molar-refractivity contribution < 1.29 is 8.42 Å². The smallest absolute Gasteiger partial charge is 0.193 e. The van der Waals surface area contributed by atoms with Crippen molar-refractivity contribution in [3.8, 4) is 0 Å². The van der Waals surface area contributed by atoms with Crippen LogP contribution in [0, 0.1) is 0 Å². The SMILES string of the molecule is CN=C(NCCCS(C)(=O)=O)N(C)Cc1ccc(Cl)cc1. The van der Waals surface area contributed by atoms with Crippen molar-refractivity contribution in [2.75, 3.05) is 32.6 Å². The van der Waals surface area contributed by atoms with Crippen LogP contribution in [-0.4, -0.2) is 51.9 Å².